The molecule has 0 bridgehead atoms. The molecule has 1 aliphatic rings. The number of Topliss-reactive ketones (excluding diaryl/α,β-unsaturated/α-hetero) is 1. The van der Waals surface area contributed by atoms with E-state index in [1.807, 2.05) is 12.1 Å². The molecule has 6 heteroatoms. The maximum atomic E-state index is 12.5. The minimum atomic E-state index is -0.0273. The van der Waals surface area contributed by atoms with E-state index < -0.39 is 0 Å². The van der Waals surface area contributed by atoms with Gasteiger partial charge in [-0.3, -0.25) is 14.5 Å². The van der Waals surface area contributed by atoms with Gasteiger partial charge in [-0.25, -0.2) is 4.98 Å². The van der Waals surface area contributed by atoms with E-state index in [1.165, 1.54) is 16.6 Å². The van der Waals surface area contributed by atoms with Gasteiger partial charge in [-0.05, 0) is 62.7 Å². The largest absolute Gasteiger partial charge is 0.325 e. The molecule has 0 aliphatic carbocycles. The van der Waals surface area contributed by atoms with E-state index in [4.69, 9.17) is 4.98 Å². The maximum Gasteiger partial charge on any atom is 0.238 e. The SMILES string of the molecule is CC(=O)c1ccc(NC(=O)CN2CCC[C@H](c3nc4ccccc4s3)C2)cc1. The van der Waals surface area contributed by atoms with Crippen LogP contribution in [0.5, 0.6) is 0 Å². The molecule has 2 aromatic carbocycles. The number of nitrogens with zero attached hydrogens (tertiary/aromatic N) is 2. The fourth-order valence-electron chi connectivity index (χ4n) is 3.66. The number of hydrogen-bond donors (Lipinski definition) is 1. The second kappa shape index (κ2) is 8.20. The van der Waals surface area contributed by atoms with Crippen molar-refractivity contribution in [1.82, 2.24) is 9.88 Å². The average molecular weight is 394 g/mol. The van der Waals surface area contributed by atoms with Gasteiger partial charge in [-0.1, -0.05) is 12.1 Å². The zero-order valence-electron chi connectivity index (χ0n) is 15.9. The predicted molar refractivity (Wildman–Crippen MR) is 113 cm³/mol. The summed E-state index contributed by atoms with van der Waals surface area (Å²) >= 11 is 1.77. The van der Waals surface area contributed by atoms with Crippen LogP contribution in [0.1, 0.15) is 41.0 Å². The number of benzene rings is 2. The lowest BCUT2D eigenvalue weighted by atomic mass is 9.99. The van der Waals surface area contributed by atoms with Crippen LogP contribution in [0.2, 0.25) is 0 Å². The van der Waals surface area contributed by atoms with Gasteiger partial charge >= 0.3 is 0 Å². The van der Waals surface area contributed by atoms with Crippen LogP contribution in [0.3, 0.4) is 0 Å². The second-order valence-corrected chi connectivity index (χ2v) is 8.34. The lowest BCUT2D eigenvalue weighted by Crippen LogP contribution is -2.39. The Morgan fingerprint density at radius 3 is 2.71 bits per heavy atom. The van der Waals surface area contributed by atoms with Crippen LogP contribution >= 0.6 is 11.3 Å². The molecular weight excluding hydrogens is 370 g/mol. The number of para-hydroxylation sites is 1. The summed E-state index contributed by atoms with van der Waals surface area (Å²) in [6.07, 6.45) is 2.19. The summed E-state index contributed by atoms with van der Waals surface area (Å²) in [7, 11) is 0. The highest BCUT2D eigenvalue weighted by Gasteiger charge is 2.25. The maximum absolute atomic E-state index is 12.5. The zero-order chi connectivity index (χ0) is 19.5. The molecule has 0 spiro atoms. The number of fused-ring (bicyclic) bond motifs is 1. The van der Waals surface area contributed by atoms with Crippen molar-refractivity contribution in [2.24, 2.45) is 0 Å². The molecule has 5 nitrogen and oxygen atoms in total. The number of nitrogens with one attached hydrogen (secondary N) is 1. The van der Waals surface area contributed by atoms with Crippen LogP contribution in [0.4, 0.5) is 5.69 Å². The van der Waals surface area contributed by atoms with E-state index in [0.29, 0.717) is 18.0 Å². The number of carbonyl (C=O) groups excluding carboxylic acids is 2. The number of likely N-dealkylation sites (tertiary alicyclic amines) is 1. The zero-order valence-corrected chi connectivity index (χ0v) is 16.7. The number of anilines is 1. The van der Waals surface area contributed by atoms with Gasteiger partial charge in [0.05, 0.1) is 21.8 Å². The van der Waals surface area contributed by atoms with Crippen molar-refractivity contribution in [3.05, 3.63) is 59.1 Å². The summed E-state index contributed by atoms with van der Waals surface area (Å²) in [6, 6.07) is 15.3. The minimum Gasteiger partial charge on any atom is -0.325 e. The molecule has 28 heavy (non-hydrogen) atoms. The Balaban J connectivity index is 1.36. The molecule has 1 aromatic heterocycles. The first-order chi connectivity index (χ1) is 13.6. The second-order valence-electron chi connectivity index (χ2n) is 7.28. The topological polar surface area (TPSA) is 62.3 Å². The Labute approximate surface area is 168 Å². The number of amides is 1. The van der Waals surface area contributed by atoms with E-state index in [-0.39, 0.29) is 11.7 Å². The molecule has 1 atom stereocenters. The molecule has 1 saturated heterocycles. The first-order valence-electron chi connectivity index (χ1n) is 9.57. The summed E-state index contributed by atoms with van der Waals surface area (Å²) in [5.74, 6) is 0.376. The average Bonchev–Trinajstić information content (AvgIpc) is 3.13. The van der Waals surface area contributed by atoms with E-state index in [9.17, 15) is 9.59 Å². The van der Waals surface area contributed by atoms with Crippen LogP contribution in [0.15, 0.2) is 48.5 Å². The third-order valence-electron chi connectivity index (χ3n) is 5.11. The molecule has 2 heterocycles. The van der Waals surface area contributed by atoms with Crippen LogP contribution in [0.25, 0.3) is 10.2 Å². The highest BCUT2D eigenvalue weighted by Crippen LogP contribution is 2.32. The van der Waals surface area contributed by atoms with Gasteiger partial charge in [0.1, 0.15) is 0 Å². The third-order valence-corrected chi connectivity index (χ3v) is 6.31. The van der Waals surface area contributed by atoms with E-state index in [1.54, 1.807) is 35.6 Å². The highest BCUT2D eigenvalue weighted by atomic mass is 32.1. The van der Waals surface area contributed by atoms with Gasteiger partial charge in [0.2, 0.25) is 5.91 Å². The predicted octanol–water partition coefficient (Wildman–Crippen LogP) is 4.32. The Morgan fingerprint density at radius 1 is 1.18 bits per heavy atom. The molecule has 0 saturated carbocycles. The number of thiazole rings is 1. The summed E-state index contributed by atoms with van der Waals surface area (Å²) < 4.78 is 1.22. The number of carbonyl (C=O) groups is 2. The fraction of sp³-hybridized carbons (Fsp3) is 0.318. The molecule has 3 aromatic rings. The molecule has 0 radical (unpaired) electrons. The molecule has 1 aliphatic heterocycles. The van der Waals surface area contributed by atoms with Crippen molar-refractivity contribution in [2.75, 3.05) is 25.0 Å². The van der Waals surface area contributed by atoms with Crippen LogP contribution in [-0.4, -0.2) is 41.2 Å². The third kappa shape index (κ3) is 4.29. The number of piperidine rings is 1. The van der Waals surface area contributed by atoms with Crippen molar-refractivity contribution in [2.45, 2.75) is 25.7 Å². The lowest BCUT2D eigenvalue weighted by molar-refractivity contribution is -0.117. The highest BCUT2D eigenvalue weighted by molar-refractivity contribution is 7.18. The quantitative estimate of drug-likeness (QED) is 0.656. The minimum absolute atomic E-state index is 0.0204. The first-order valence-corrected chi connectivity index (χ1v) is 10.4. The van der Waals surface area contributed by atoms with E-state index in [0.717, 1.165) is 37.1 Å². The number of aromatic nitrogens is 1. The summed E-state index contributed by atoms with van der Waals surface area (Å²) in [5.41, 5.74) is 2.42. The lowest BCUT2D eigenvalue weighted by Gasteiger charge is -2.31. The van der Waals surface area contributed by atoms with Crippen LogP contribution in [0, 0.1) is 0 Å². The molecule has 144 valence electrons. The smallest absolute Gasteiger partial charge is 0.238 e. The van der Waals surface area contributed by atoms with Crippen molar-refractivity contribution >= 4 is 38.9 Å². The van der Waals surface area contributed by atoms with Crippen molar-refractivity contribution in [3.8, 4) is 0 Å². The standard InChI is InChI=1S/C22H23N3O2S/c1-15(26)16-8-10-18(11-9-16)23-21(27)14-25-12-4-5-17(13-25)22-24-19-6-2-3-7-20(19)28-22/h2-3,6-11,17H,4-5,12-14H2,1H3,(H,23,27)/t17-/m0/s1. The van der Waals surface area contributed by atoms with Gasteiger partial charge in [0.25, 0.3) is 0 Å². The van der Waals surface area contributed by atoms with E-state index in [2.05, 4.69) is 22.3 Å². The van der Waals surface area contributed by atoms with Gasteiger partial charge in [-0.15, -0.1) is 11.3 Å². The van der Waals surface area contributed by atoms with Gasteiger partial charge in [0.15, 0.2) is 5.78 Å². The molecule has 1 fully saturated rings. The Kier molecular flexibility index (Phi) is 5.50. The normalized spacial score (nSPS) is 17.5. The number of ketones is 1. The van der Waals surface area contributed by atoms with Gasteiger partial charge in [0, 0.05) is 23.7 Å². The van der Waals surface area contributed by atoms with Crippen LogP contribution < -0.4 is 5.32 Å². The Morgan fingerprint density at radius 2 is 1.96 bits per heavy atom. The summed E-state index contributed by atoms with van der Waals surface area (Å²) in [6.45, 7) is 3.69. The Hall–Kier alpha value is -2.57. The molecule has 1 N–H and O–H groups in total. The molecule has 1 amide bonds. The van der Waals surface area contributed by atoms with Crippen molar-refractivity contribution in [3.63, 3.8) is 0 Å². The first kappa shape index (κ1) is 18.8. The van der Waals surface area contributed by atoms with Gasteiger partial charge < -0.3 is 5.32 Å². The van der Waals surface area contributed by atoms with Crippen molar-refractivity contribution in [1.29, 1.82) is 0 Å². The number of rotatable bonds is 5. The number of hydrogen-bond acceptors (Lipinski definition) is 5. The fourth-order valence-corrected chi connectivity index (χ4v) is 4.75. The summed E-state index contributed by atoms with van der Waals surface area (Å²) in [5, 5.41) is 4.10. The Bertz CT molecular complexity index is 963. The molecule has 4 rings (SSSR count). The van der Waals surface area contributed by atoms with Gasteiger partial charge in [-0.2, -0.15) is 0 Å². The van der Waals surface area contributed by atoms with Crippen molar-refractivity contribution < 1.29 is 9.59 Å². The molecule has 0 unspecified atom stereocenters. The van der Waals surface area contributed by atoms with E-state index >= 15 is 0 Å². The van der Waals surface area contributed by atoms with Crippen LogP contribution in [-0.2, 0) is 4.79 Å². The monoisotopic (exact) mass is 393 g/mol. The summed E-state index contributed by atoms with van der Waals surface area (Å²) in [4.78, 5) is 30.8. The molecular formula is C22H23N3O2S.